The predicted molar refractivity (Wildman–Crippen MR) is 130 cm³/mol. The number of alkyl carbamates (subject to hydrolysis) is 1. The molecule has 10 nitrogen and oxygen atoms in total. The standard InChI is InChI=1S/C23H28ClF3N6O4/c1-14(37-21(36)30-22(2,3)4)12-33-13-15(9-17(24)19(33)35)18(34)31-5-7-32(8-6-31)20-28-10-16(11-29-20)23(25,26)27/h9-11,13-14H,5-8,12H2,1-4H3,(H,30,36)/t14-/m0/s1. The van der Waals surface area contributed by atoms with Gasteiger partial charge >= 0.3 is 12.3 Å². The van der Waals surface area contributed by atoms with Crippen LogP contribution in [0.4, 0.5) is 23.9 Å². The Kier molecular flexibility index (Phi) is 8.35. The number of anilines is 1. The second-order valence-electron chi connectivity index (χ2n) is 9.67. The van der Waals surface area contributed by atoms with Crippen molar-refractivity contribution in [1.29, 1.82) is 0 Å². The van der Waals surface area contributed by atoms with Crippen molar-refractivity contribution in [3.05, 3.63) is 51.2 Å². The molecule has 1 aliphatic rings. The van der Waals surface area contributed by atoms with Gasteiger partial charge in [0.25, 0.3) is 11.5 Å². The van der Waals surface area contributed by atoms with Crippen molar-refractivity contribution < 1.29 is 27.5 Å². The van der Waals surface area contributed by atoms with Crippen LogP contribution >= 0.6 is 11.6 Å². The second kappa shape index (κ2) is 11.0. The van der Waals surface area contributed by atoms with Gasteiger partial charge in [-0.15, -0.1) is 0 Å². The summed E-state index contributed by atoms with van der Waals surface area (Å²) in [6, 6.07) is 1.28. The normalized spacial score (nSPS) is 15.4. The van der Waals surface area contributed by atoms with Crippen LogP contribution in [0.5, 0.6) is 0 Å². The molecule has 0 spiro atoms. The molecular weight excluding hydrogens is 517 g/mol. The third-order valence-electron chi connectivity index (χ3n) is 5.34. The molecule has 1 saturated heterocycles. The van der Waals surface area contributed by atoms with Gasteiger partial charge in [-0.1, -0.05) is 11.6 Å². The minimum absolute atomic E-state index is 0.0176. The fourth-order valence-corrected chi connectivity index (χ4v) is 3.83. The molecule has 0 unspecified atom stereocenters. The van der Waals surface area contributed by atoms with Gasteiger partial charge in [0.2, 0.25) is 5.95 Å². The Morgan fingerprint density at radius 3 is 2.27 bits per heavy atom. The van der Waals surface area contributed by atoms with Crippen LogP contribution in [0.25, 0.3) is 0 Å². The number of halogens is 4. The Labute approximate surface area is 216 Å². The number of hydrogen-bond acceptors (Lipinski definition) is 7. The van der Waals surface area contributed by atoms with E-state index < -0.39 is 35.0 Å². The van der Waals surface area contributed by atoms with Crippen molar-refractivity contribution in [2.24, 2.45) is 0 Å². The van der Waals surface area contributed by atoms with Crippen LogP contribution in [-0.4, -0.2) is 69.3 Å². The summed E-state index contributed by atoms with van der Waals surface area (Å²) in [5.41, 5.74) is -1.79. The molecule has 0 bridgehead atoms. The molecule has 0 radical (unpaired) electrons. The van der Waals surface area contributed by atoms with Crippen molar-refractivity contribution in [3.8, 4) is 0 Å². The van der Waals surface area contributed by atoms with Gasteiger partial charge in [0.1, 0.15) is 11.1 Å². The number of aromatic nitrogens is 3. The third kappa shape index (κ3) is 7.57. The summed E-state index contributed by atoms with van der Waals surface area (Å²) in [5, 5.41) is 2.50. The SMILES string of the molecule is C[C@@H](Cn1cc(C(=O)N2CCN(c3ncc(C(F)(F)F)cn3)CC2)cc(Cl)c1=O)OC(=O)NC(C)(C)C. The lowest BCUT2D eigenvalue weighted by Gasteiger charge is -2.34. The lowest BCUT2D eigenvalue weighted by atomic mass is 10.1. The molecule has 2 aromatic heterocycles. The van der Waals surface area contributed by atoms with E-state index in [1.165, 1.54) is 21.7 Å². The highest BCUT2D eigenvalue weighted by molar-refractivity contribution is 6.30. The summed E-state index contributed by atoms with van der Waals surface area (Å²) in [7, 11) is 0. The van der Waals surface area contributed by atoms with Crippen molar-refractivity contribution in [3.63, 3.8) is 0 Å². The number of hydrogen-bond donors (Lipinski definition) is 1. The smallest absolute Gasteiger partial charge is 0.419 e. The van der Waals surface area contributed by atoms with E-state index in [9.17, 15) is 27.6 Å². The van der Waals surface area contributed by atoms with Gasteiger partial charge in [-0.05, 0) is 33.8 Å². The number of rotatable bonds is 5. The van der Waals surface area contributed by atoms with E-state index in [1.807, 2.05) is 0 Å². The molecule has 1 fully saturated rings. The van der Waals surface area contributed by atoms with E-state index in [1.54, 1.807) is 32.6 Å². The zero-order chi connectivity index (χ0) is 27.5. The quantitative estimate of drug-likeness (QED) is 0.615. The second-order valence-corrected chi connectivity index (χ2v) is 10.1. The van der Waals surface area contributed by atoms with Crippen molar-refractivity contribution in [1.82, 2.24) is 24.8 Å². The van der Waals surface area contributed by atoms with Gasteiger partial charge < -0.3 is 24.4 Å². The summed E-state index contributed by atoms with van der Waals surface area (Å²) in [5.74, 6) is -0.233. The first kappa shape index (κ1) is 28.2. The van der Waals surface area contributed by atoms with E-state index in [2.05, 4.69) is 15.3 Å². The van der Waals surface area contributed by atoms with E-state index in [0.717, 1.165) is 12.4 Å². The van der Waals surface area contributed by atoms with Crippen LogP contribution in [0.15, 0.2) is 29.5 Å². The van der Waals surface area contributed by atoms with Gasteiger partial charge in [-0.25, -0.2) is 14.8 Å². The van der Waals surface area contributed by atoms with Crippen molar-refractivity contribution in [2.75, 3.05) is 31.1 Å². The van der Waals surface area contributed by atoms with E-state index in [4.69, 9.17) is 16.3 Å². The number of amides is 2. The molecule has 2 amide bonds. The molecule has 0 aromatic carbocycles. The molecule has 0 saturated carbocycles. The summed E-state index contributed by atoms with van der Waals surface area (Å²) in [4.78, 5) is 48.4. The van der Waals surface area contributed by atoms with Crippen LogP contribution in [0.2, 0.25) is 5.02 Å². The topological polar surface area (TPSA) is 110 Å². The average Bonchev–Trinajstić information content (AvgIpc) is 2.79. The van der Waals surface area contributed by atoms with Crippen molar-refractivity contribution >= 4 is 29.5 Å². The minimum atomic E-state index is -4.52. The zero-order valence-corrected chi connectivity index (χ0v) is 21.6. The van der Waals surface area contributed by atoms with Gasteiger partial charge in [0.15, 0.2) is 0 Å². The molecule has 202 valence electrons. The molecular formula is C23H28ClF3N6O4. The maximum atomic E-state index is 13.1. The predicted octanol–water partition coefficient (Wildman–Crippen LogP) is 3.19. The molecule has 37 heavy (non-hydrogen) atoms. The molecule has 3 heterocycles. The van der Waals surface area contributed by atoms with Gasteiger partial charge in [0, 0.05) is 50.3 Å². The molecule has 14 heteroatoms. The van der Waals surface area contributed by atoms with Crippen molar-refractivity contribution in [2.45, 2.75) is 52.1 Å². The summed E-state index contributed by atoms with van der Waals surface area (Å²) < 4.78 is 44.7. The van der Waals surface area contributed by atoms with Crippen LogP contribution in [0.1, 0.15) is 43.6 Å². The number of ether oxygens (including phenoxy) is 1. The highest BCUT2D eigenvalue weighted by atomic mass is 35.5. The maximum Gasteiger partial charge on any atom is 0.419 e. The number of piperazine rings is 1. The molecule has 0 aliphatic carbocycles. The lowest BCUT2D eigenvalue weighted by molar-refractivity contribution is -0.138. The Balaban J connectivity index is 1.65. The molecule has 3 rings (SSSR count). The Hall–Kier alpha value is -3.35. The molecule has 2 aromatic rings. The molecule has 1 N–H and O–H groups in total. The number of nitrogens with zero attached hydrogens (tertiary/aromatic N) is 5. The monoisotopic (exact) mass is 544 g/mol. The highest BCUT2D eigenvalue weighted by Crippen LogP contribution is 2.28. The average molecular weight is 545 g/mol. The number of nitrogens with one attached hydrogen (secondary N) is 1. The largest absolute Gasteiger partial charge is 0.445 e. The van der Waals surface area contributed by atoms with Crippen LogP contribution in [0, 0.1) is 0 Å². The first-order valence-electron chi connectivity index (χ1n) is 11.5. The number of alkyl halides is 3. The van der Waals surface area contributed by atoms with Gasteiger partial charge in [-0.3, -0.25) is 9.59 Å². The van der Waals surface area contributed by atoms with E-state index >= 15 is 0 Å². The van der Waals surface area contributed by atoms with Gasteiger partial charge in [-0.2, -0.15) is 13.2 Å². The molecule has 1 aliphatic heterocycles. The van der Waals surface area contributed by atoms with E-state index in [0.29, 0.717) is 13.1 Å². The summed E-state index contributed by atoms with van der Waals surface area (Å²) in [6.07, 6.45) is -3.03. The Bertz CT molecular complexity index is 1190. The fraction of sp³-hybridized carbons (Fsp3) is 0.522. The maximum absolute atomic E-state index is 13.1. The number of carbonyl (C=O) groups excluding carboxylic acids is 2. The third-order valence-corrected chi connectivity index (χ3v) is 5.61. The van der Waals surface area contributed by atoms with Gasteiger partial charge in [0.05, 0.1) is 17.7 Å². The number of carbonyl (C=O) groups is 2. The van der Waals surface area contributed by atoms with Crippen LogP contribution < -0.4 is 15.8 Å². The Morgan fingerprint density at radius 1 is 1.14 bits per heavy atom. The first-order chi connectivity index (χ1) is 17.1. The zero-order valence-electron chi connectivity index (χ0n) is 20.8. The minimum Gasteiger partial charge on any atom is -0.445 e. The fourth-order valence-electron chi connectivity index (χ4n) is 3.61. The highest BCUT2D eigenvalue weighted by Gasteiger charge is 2.32. The summed E-state index contributed by atoms with van der Waals surface area (Å²) in [6.45, 7) is 8.11. The van der Waals surface area contributed by atoms with E-state index in [-0.39, 0.29) is 42.1 Å². The lowest BCUT2D eigenvalue weighted by Crippen LogP contribution is -2.49. The van der Waals surface area contributed by atoms with Crippen LogP contribution in [0.3, 0.4) is 0 Å². The first-order valence-corrected chi connectivity index (χ1v) is 11.8. The summed E-state index contributed by atoms with van der Waals surface area (Å²) >= 11 is 6.10. The molecule has 1 atom stereocenters. The number of pyridine rings is 1. The Morgan fingerprint density at radius 2 is 1.73 bits per heavy atom. The van der Waals surface area contributed by atoms with Crippen LogP contribution in [-0.2, 0) is 17.5 Å².